The molecule has 0 aliphatic carbocycles. The molecule has 2 aromatic heterocycles. The highest BCUT2D eigenvalue weighted by Gasteiger charge is 2.24. The van der Waals surface area contributed by atoms with Gasteiger partial charge in [0.25, 0.3) is 0 Å². The number of carbonyl (C=O) groups is 1. The number of furan rings is 2. The summed E-state index contributed by atoms with van der Waals surface area (Å²) in [6.45, 7) is -0.0463. The minimum Gasteiger partial charge on any atom is -0.475 e. The zero-order valence-electron chi connectivity index (χ0n) is 9.29. The smallest absolute Gasteiger partial charge is 0.371 e. The Morgan fingerprint density at radius 3 is 2.74 bits per heavy atom. The first-order chi connectivity index (χ1) is 8.90. The van der Waals surface area contributed by atoms with Crippen molar-refractivity contribution in [1.29, 1.82) is 0 Å². The molecule has 0 aliphatic heterocycles. The molecule has 0 aromatic carbocycles. The number of hydrogen-bond donors (Lipinski definition) is 2. The van der Waals surface area contributed by atoms with E-state index < -0.39 is 21.8 Å². The lowest BCUT2D eigenvalue weighted by molar-refractivity contribution is 0.0661. The van der Waals surface area contributed by atoms with Gasteiger partial charge in [-0.3, -0.25) is 0 Å². The van der Waals surface area contributed by atoms with Crippen molar-refractivity contribution in [2.24, 2.45) is 0 Å². The van der Waals surface area contributed by atoms with E-state index in [-0.39, 0.29) is 16.1 Å². The largest absolute Gasteiger partial charge is 0.475 e. The van der Waals surface area contributed by atoms with Crippen molar-refractivity contribution in [3.63, 3.8) is 0 Å². The molecule has 0 unspecified atom stereocenters. The molecule has 2 aromatic rings. The van der Waals surface area contributed by atoms with Crippen molar-refractivity contribution in [1.82, 2.24) is 4.72 Å². The molecule has 0 radical (unpaired) electrons. The predicted octanol–water partition coefficient (Wildman–Crippen LogP) is 1.81. The third-order valence-corrected chi connectivity index (χ3v) is 4.43. The molecule has 0 amide bonds. The van der Waals surface area contributed by atoms with Crippen LogP contribution in [0.25, 0.3) is 0 Å². The van der Waals surface area contributed by atoms with Crippen LogP contribution >= 0.6 is 15.9 Å². The van der Waals surface area contributed by atoms with E-state index >= 15 is 0 Å². The Kier molecular flexibility index (Phi) is 3.78. The number of sulfonamides is 1. The summed E-state index contributed by atoms with van der Waals surface area (Å²) in [5.74, 6) is -1.39. The lowest BCUT2D eigenvalue weighted by Crippen LogP contribution is -2.22. The van der Waals surface area contributed by atoms with E-state index in [0.717, 1.165) is 6.07 Å². The minimum absolute atomic E-state index is 0.0463. The van der Waals surface area contributed by atoms with E-state index in [1.807, 2.05) is 0 Å². The van der Waals surface area contributed by atoms with Crippen LogP contribution in [0.5, 0.6) is 0 Å². The van der Waals surface area contributed by atoms with Crippen LogP contribution in [0, 0.1) is 0 Å². The van der Waals surface area contributed by atoms with Crippen molar-refractivity contribution in [2.45, 2.75) is 11.4 Å². The molecule has 0 atom stereocenters. The second-order valence-electron chi connectivity index (χ2n) is 3.46. The third-order valence-electron chi connectivity index (χ3n) is 2.17. The highest BCUT2D eigenvalue weighted by molar-refractivity contribution is 9.10. The first-order valence-corrected chi connectivity index (χ1v) is 7.22. The van der Waals surface area contributed by atoms with Crippen molar-refractivity contribution >= 4 is 31.9 Å². The summed E-state index contributed by atoms with van der Waals surface area (Å²) in [6.07, 6.45) is 1.42. The van der Waals surface area contributed by atoms with E-state index in [0.29, 0.717) is 5.76 Å². The lowest BCUT2D eigenvalue weighted by atomic mass is 10.5. The van der Waals surface area contributed by atoms with Crippen molar-refractivity contribution < 1.29 is 27.2 Å². The highest BCUT2D eigenvalue weighted by Crippen LogP contribution is 2.26. The average molecular weight is 350 g/mol. The van der Waals surface area contributed by atoms with Crippen molar-refractivity contribution in [3.05, 3.63) is 40.7 Å². The summed E-state index contributed by atoms with van der Waals surface area (Å²) in [7, 11) is -3.89. The Hall–Kier alpha value is -1.58. The fourth-order valence-electron chi connectivity index (χ4n) is 1.30. The normalized spacial score (nSPS) is 11.6. The van der Waals surface area contributed by atoms with Crippen LogP contribution in [0.2, 0.25) is 0 Å². The Bertz CT molecular complexity index is 688. The van der Waals surface area contributed by atoms with Gasteiger partial charge in [-0.1, -0.05) is 0 Å². The Balaban J connectivity index is 2.22. The summed E-state index contributed by atoms with van der Waals surface area (Å²) >= 11 is 2.87. The fraction of sp³-hybridized carbons (Fsp3) is 0.100. The van der Waals surface area contributed by atoms with Gasteiger partial charge in [0.1, 0.15) is 10.7 Å². The predicted molar refractivity (Wildman–Crippen MR) is 66.1 cm³/mol. The summed E-state index contributed by atoms with van der Waals surface area (Å²) in [4.78, 5) is 10.4. The monoisotopic (exact) mass is 349 g/mol. The van der Waals surface area contributed by atoms with E-state index in [4.69, 9.17) is 13.9 Å². The van der Waals surface area contributed by atoms with E-state index in [1.165, 1.54) is 6.26 Å². The summed E-state index contributed by atoms with van der Waals surface area (Å²) in [5.41, 5.74) is 0. The maximum atomic E-state index is 11.9. The molecule has 102 valence electrons. The van der Waals surface area contributed by atoms with Crippen LogP contribution in [0.1, 0.15) is 16.3 Å². The second kappa shape index (κ2) is 5.19. The number of rotatable bonds is 5. The Morgan fingerprint density at radius 1 is 1.47 bits per heavy atom. The van der Waals surface area contributed by atoms with Crippen LogP contribution in [0.4, 0.5) is 0 Å². The van der Waals surface area contributed by atoms with Gasteiger partial charge in [0.2, 0.25) is 15.8 Å². The van der Waals surface area contributed by atoms with Crippen LogP contribution < -0.4 is 4.72 Å². The maximum absolute atomic E-state index is 11.9. The average Bonchev–Trinajstić information content (AvgIpc) is 2.95. The van der Waals surface area contributed by atoms with Gasteiger partial charge in [0.05, 0.1) is 12.8 Å². The van der Waals surface area contributed by atoms with Gasteiger partial charge in [-0.15, -0.1) is 0 Å². The van der Waals surface area contributed by atoms with Crippen LogP contribution in [-0.2, 0) is 16.6 Å². The molecule has 2 heterocycles. The van der Waals surface area contributed by atoms with Gasteiger partial charge in [0.15, 0.2) is 4.67 Å². The van der Waals surface area contributed by atoms with Crippen molar-refractivity contribution in [2.75, 3.05) is 0 Å². The summed E-state index contributed by atoms with van der Waals surface area (Å²) in [5, 5.41) is 8.72. The summed E-state index contributed by atoms with van der Waals surface area (Å²) in [6, 6.07) is 4.16. The topological polar surface area (TPSA) is 110 Å². The highest BCUT2D eigenvalue weighted by atomic mass is 79.9. The molecule has 19 heavy (non-hydrogen) atoms. The molecule has 2 N–H and O–H groups in total. The van der Waals surface area contributed by atoms with E-state index in [1.54, 1.807) is 12.1 Å². The lowest BCUT2D eigenvalue weighted by Gasteiger charge is -2.02. The first kappa shape index (κ1) is 13.8. The van der Waals surface area contributed by atoms with Gasteiger partial charge in [-0.2, -0.15) is 0 Å². The second-order valence-corrected chi connectivity index (χ2v) is 5.91. The molecular weight excluding hydrogens is 342 g/mol. The molecule has 0 aliphatic rings. The fourth-order valence-corrected chi connectivity index (χ4v) is 3.23. The number of carboxylic acid groups (broad SMARTS) is 1. The summed E-state index contributed by atoms with van der Waals surface area (Å²) < 4.78 is 35.7. The number of halogens is 1. The maximum Gasteiger partial charge on any atom is 0.371 e. The molecule has 9 heteroatoms. The number of hydrogen-bond acceptors (Lipinski definition) is 5. The SMILES string of the molecule is O=C(O)c1cc(S(=O)(=O)NCc2ccco2)c(Br)o1. The van der Waals surface area contributed by atoms with Gasteiger partial charge >= 0.3 is 5.97 Å². The molecule has 0 fully saturated rings. The standard InChI is InChI=1S/C10H8BrNO6S/c11-9-8(4-7(18-9)10(13)14)19(15,16)12-5-6-2-1-3-17-6/h1-4,12H,5H2,(H,13,14). The van der Waals surface area contributed by atoms with Gasteiger partial charge < -0.3 is 13.9 Å². The molecule has 0 saturated carbocycles. The van der Waals surface area contributed by atoms with Gasteiger partial charge in [-0.25, -0.2) is 17.9 Å². The number of nitrogens with one attached hydrogen (secondary N) is 1. The van der Waals surface area contributed by atoms with E-state index in [9.17, 15) is 13.2 Å². The molecule has 0 saturated heterocycles. The van der Waals surface area contributed by atoms with Crippen LogP contribution in [0.15, 0.2) is 42.9 Å². The van der Waals surface area contributed by atoms with Gasteiger partial charge in [0, 0.05) is 6.07 Å². The molecule has 0 bridgehead atoms. The Labute approximate surface area is 116 Å². The van der Waals surface area contributed by atoms with Crippen LogP contribution in [0.3, 0.4) is 0 Å². The third kappa shape index (κ3) is 3.06. The van der Waals surface area contributed by atoms with Crippen LogP contribution in [-0.4, -0.2) is 19.5 Å². The number of aromatic carboxylic acids is 1. The zero-order valence-corrected chi connectivity index (χ0v) is 11.7. The van der Waals surface area contributed by atoms with E-state index in [2.05, 4.69) is 20.7 Å². The quantitative estimate of drug-likeness (QED) is 0.851. The molecule has 2 rings (SSSR count). The van der Waals surface area contributed by atoms with Gasteiger partial charge in [-0.05, 0) is 28.1 Å². The first-order valence-electron chi connectivity index (χ1n) is 4.95. The molecular formula is C10H8BrNO6S. The molecule has 0 spiro atoms. The molecule has 7 nitrogen and oxygen atoms in total. The minimum atomic E-state index is -3.89. The Morgan fingerprint density at radius 2 is 2.21 bits per heavy atom. The zero-order chi connectivity index (χ0) is 14.0. The number of carboxylic acids is 1. The van der Waals surface area contributed by atoms with Crippen molar-refractivity contribution in [3.8, 4) is 0 Å².